The van der Waals surface area contributed by atoms with Crippen LogP contribution in [0, 0.1) is 17.6 Å². The largest absolute Gasteiger partial charge is 0.444 e. The van der Waals surface area contributed by atoms with Crippen molar-refractivity contribution in [3.8, 4) is 17.3 Å². The third-order valence-corrected chi connectivity index (χ3v) is 9.74. The van der Waals surface area contributed by atoms with Gasteiger partial charge in [-0.2, -0.15) is 0 Å². The Morgan fingerprint density at radius 3 is 2.34 bits per heavy atom. The van der Waals surface area contributed by atoms with Crippen molar-refractivity contribution in [1.82, 2.24) is 33.8 Å². The molecule has 3 aliphatic rings. The van der Waals surface area contributed by atoms with E-state index in [2.05, 4.69) is 15.3 Å². The van der Waals surface area contributed by atoms with Crippen LogP contribution in [0.2, 0.25) is 0 Å². The number of carbonyl (C=O) groups excluding carboxylic acids is 3. The summed E-state index contributed by atoms with van der Waals surface area (Å²) in [6.07, 6.45) is 4.31. The quantitative estimate of drug-likeness (QED) is 0.264. The van der Waals surface area contributed by atoms with E-state index in [0.717, 1.165) is 35.6 Å². The van der Waals surface area contributed by atoms with Gasteiger partial charge in [0.05, 0.1) is 24.5 Å². The monoisotopic (exact) mass is 772 g/mol. The van der Waals surface area contributed by atoms with Gasteiger partial charge >= 0.3 is 11.8 Å². The highest BCUT2D eigenvalue weighted by Gasteiger charge is 2.30. The van der Waals surface area contributed by atoms with E-state index in [1.807, 2.05) is 25.7 Å². The van der Waals surface area contributed by atoms with Gasteiger partial charge in [0.15, 0.2) is 11.6 Å². The minimum Gasteiger partial charge on any atom is -0.444 e. The summed E-state index contributed by atoms with van der Waals surface area (Å²) < 4.78 is 42.6. The molecule has 0 spiro atoms. The number of ether oxygens (including phenoxy) is 2. The van der Waals surface area contributed by atoms with Gasteiger partial charge in [0.2, 0.25) is 11.8 Å². The maximum atomic E-state index is 15.5. The first-order valence-corrected chi connectivity index (χ1v) is 18.4. The van der Waals surface area contributed by atoms with Crippen molar-refractivity contribution < 1.29 is 32.6 Å². The zero-order valence-corrected chi connectivity index (χ0v) is 31.3. The molecule has 4 aromatic rings. The van der Waals surface area contributed by atoms with E-state index >= 15 is 4.39 Å². The maximum Gasteiger partial charge on any atom is 0.410 e. The van der Waals surface area contributed by atoms with Crippen LogP contribution in [0.15, 0.2) is 64.6 Å². The Balaban J connectivity index is 0.993. The molecule has 0 unspecified atom stereocenters. The Labute approximate surface area is 320 Å². The molecule has 1 N–H and O–H groups in total. The van der Waals surface area contributed by atoms with Gasteiger partial charge in [-0.15, -0.1) is 0 Å². The topological polar surface area (TPSA) is 161 Å². The van der Waals surface area contributed by atoms with Crippen molar-refractivity contribution in [2.24, 2.45) is 5.92 Å². The Morgan fingerprint density at radius 2 is 1.66 bits per heavy atom. The molecule has 4 heterocycles. The zero-order chi connectivity index (χ0) is 39.7. The zero-order valence-electron chi connectivity index (χ0n) is 31.3. The first-order valence-electron chi connectivity index (χ1n) is 18.4. The van der Waals surface area contributed by atoms with Crippen molar-refractivity contribution in [2.45, 2.75) is 58.7 Å². The number of rotatable bonds is 9. The summed E-state index contributed by atoms with van der Waals surface area (Å²) in [4.78, 5) is 79.8. The molecule has 17 heteroatoms. The Bertz CT molecular complexity index is 2280. The van der Waals surface area contributed by atoms with Gasteiger partial charge in [-0.25, -0.2) is 32.9 Å². The molecule has 0 atom stereocenters. The highest BCUT2D eigenvalue weighted by atomic mass is 19.1. The molecule has 1 aliphatic carbocycles. The molecule has 2 aliphatic heterocycles. The van der Waals surface area contributed by atoms with Crippen LogP contribution in [0.4, 0.5) is 19.3 Å². The number of hydrogen-bond donors (Lipinski definition) is 1. The second-order valence-corrected chi connectivity index (χ2v) is 15.2. The normalized spacial score (nSPS) is 15.9. The van der Waals surface area contributed by atoms with Gasteiger partial charge in [-0.3, -0.25) is 23.9 Å². The molecule has 7 rings (SSSR count). The summed E-state index contributed by atoms with van der Waals surface area (Å²) in [5.41, 5.74) is -1.16. The van der Waals surface area contributed by atoms with Crippen molar-refractivity contribution in [2.75, 3.05) is 44.6 Å². The number of carbonyl (C=O) groups is 3. The molecule has 2 aromatic carbocycles. The highest BCUT2D eigenvalue weighted by molar-refractivity contribution is 6.03. The summed E-state index contributed by atoms with van der Waals surface area (Å²) in [6.45, 7) is 8.53. The molecule has 0 radical (unpaired) electrons. The number of nitrogens with zero attached hydrogens (tertiary/aromatic N) is 7. The van der Waals surface area contributed by atoms with Crippen LogP contribution in [0.25, 0.3) is 5.69 Å². The van der Waals surface area contributed by atoms with Crippen LogP contribution < -0.4 is 21.3 Å². The second-order valence-electron chi connectivity index (χ2n) is 15.2. The SMILES string of the molecule is CC(C)(C)OC(=O)N1CCN(CC(=O)N2CCc3c(ncnc3Oc3ccc(NC(=O)c4cn(CC5CC5)c(=O)n(-c5ccc(F)cc5)c4=O)cc3F)C2)CC1. The lowest BCUT2D eigenvalue weighted by atomic mass is 10.1. The Morgan fingerprint density at radius 1 is 0.929 bits per heavy atom. The molecule has 2 aromatic heterocycles. The van der Waals surface area contributed by atoms with Gasteiger partial charge in [-0.1, -0.05) is 0 Å². The lowest BCUT2D eigenvalue weighted by Gasteiger charge is -2.36. The van der Waals surface area contributed by atoms with E-state index in [9.17, 15) is 28.4 Å². The van der Waals surface area contributed by atoms with Gasteiger partial charge in [0.25, 0.3) is 11.5 Å². The number of hydrogen-bond acceptors (Lipinski definition) is 10. The highest BCUT2D eigenvalue weighted by Crippen LogP contribution is 2.32. The van der Waals surface area contributed by atoms with E-state index in [1.165, 1.54) is 41.4 Å². The number of aromatic nitrogens is 4. The van der Waals surface area contributed by atoms with Crippen LogP contribution in [0.3, 0.4) is 0 Å². The number of piperazine rings is 1. The first kappa shape index (κ1) is 38.3. The second kappa shape index (κ2) is 15.6. The maximum absolute atomic E-state index is 15.5. The van der Waals surface area contributed by atoms with Gasteiger partial charge in [0.1, 0.15) is 23.3 Å². The number of fused-ring (bicyclic) bond motifs is 1. The predicted octanol–water partition coefficient (Wildman–Crippen LogP) is 3.96. The molecule has 15 nitrogen and oxygen atoms in total. The van der Waals surface area contributed by atoms with Crippen molar-refractivity contribution >= 4 is 23.6 Å². The molecule has 3 amide bonds. The fraction of sp³-hybridized carbons (Fsp3) is 0.410. The molecule has 56 heavy (non-hydrogen) atoms. The first-order chi connectivity index (χ1) is 26.7. The predicted molar refractivity (Wildman–Crippen MR) is 199 cm³/mol. The minimum atomic E-state index is -0.904. The number of anilines is 1. The molecular formula is C39H42F2N8O7. The fourth-order valence-corrected chi connectivity index (χ4v) is 6.58. The average Bonchev–Trinajstić information content (AvgIpc) is 3.98. The van der Waals surface area contributed by atoms with E-state index in [1.54, 1.807) is 9.80 Å². The third-order valence-electron chi connectivity index (χ3n) is 9.74. The van der Waals surface area contributed by atoms with E-state index in [0.29, 0.717) is 56.9 Å². The summed E-state index contributed by atoms with van der Waals surface area (Å²) in [5, 5.41) is 2.53. The summed E-state index contributed by atoms with van der Waals surface area (Å²) >= 11 is 0. The average molecular weight is 773 g/mol. The van der Waals surface area contributed by atoms with Gasteiger partial charge < -0.3 is 24.6 Å². The minimum absolute atomic E-state index is 0.0256. The summed E-state index contributed by atoms with van der Waals surface area (Å²) in [6, 6.07) is 8.53. The van der Waals surface area contributed by atoms with Crippen molar-refractivity contribution in [3.05, 3.63) is 104 Å². The molecule has 1 saturated carbocycles. The lowest BCUT2D eigenvalue weighted by molar-refractivity contribution is -0.133. The number of nitrogens with one attached hydrogen (secondary N) is 1. The summed E-state index contributed by atoms with van der Waals surface area (Å²) in [5.74, 6) is -2.13. The lowest BCUT2D eigenvalue weighted by Crippen LogP contribution is -2.52. The Kier molecular flexibility index (Phi) is 10.7. The van der Waals surface area contributed by atoms with E-state index in [-0.39, 0.29) is 59.6 Å². The van der Waals surface area contributed by atoms with Crippen LogP contribution in [0.5, 0.6) is 11.6 Å². The number of halogens is 2. The smallest absolute Gasteiger partial charge is 0.410 e. The standard InChI is InChI=1S/C39H42F2N8O7/c1-39(2,3)56-38(54)46-16-14-45(15-17-46)22-33(50)47-13-12-28-31(21-47)42-23-43-35(28)55-32-11-8-26(18-30(32)41)44-34(51)29-20-48(19-24-4-5-24)37(53)49(36(29)52)27-9-6-25(40)7-10-27/h6-11,18,20,23-24H,4-5,12-17,19,21-22H2,1-3H3,(H,44,51). The van der Waals surface area contributed by atoms with Crippen LogP contribution in [0.1, 0.15) is 55.2 Å². The van der Waals surface area contributed by atoms with Gasteiger partial charge in [0, 0.05) is 62.8 Å². The van der Waals surface area contributed by atoms with Crippen molar-refractivity contribution in [3.63, 3.8) is 0 Å². The fourth-order valence-electron chi connectivity index (χ4n) is 6.58. The van der Waals surface area contributed by atoms with Crippen LogP contribution in [-0.2, 0) is 29.0 Å². The van der Waals surface area contributed by atoms with Crippen LogP contribution in [-0.4, -0.2) is 96.6 Å². The third kappa shape index (κ3) is 8.77. The molecular weight excluding hydrogens is 730 g/mol. The van der Waals surface area contributed by atoms with Crippen LogP contribution >= 0.6 is 0 Å². The molecule has 2 fully saturated rings. The Hall–Kier alpha value is -5.97. The molecule has 0 bridgehead atoms. The molecule has 294 valence electrons. The van der Waals surface area contributed by atoms with E-state index in [4.69, 9.17) is 9.47 Å². The van der Waals surface area contributed by atoms with Gasteiger partial charge in [-0.05, 0) is 82.3 Å². The molecule has 1 saturated heterocycles. The number of amides is 3. The summed E-state index contributed by atoms with van der Waals surface area (Å²) in [7, 11) is 0. The van der Waals surface area contributed by atoms with Crippen molar-refractivity contribution in [1.29, 1.82) is 0 Å². The van der Waals surface area contributed by atoms with E-state index < -0.39 is 34.4 Å². The number of benzene rings is 2.